The van der Waals surface area contributed by atoms with Gasteiger partial charge in [0.2, 0.25) is 11.8 Å². The SMILES string of the molecule is CCOC(=O)C1CCCN(C(=O)CS(=O)Cc2nc(-c3ccccc3C)oc2C)C1. The van der Waals surface area contributed by atoms with Crippen molar-refractivity contribution < 1.29 is 23.0 Å². The highest BCUT2D eigenvalue weighted by molar-refractivity contribution is 7.84. The van der Waals surface area contributed by atoms with E-state index in [2.05, 4.69) is 4.98 Å². The second kappa shape index (κ2) is 10.0. The number of nitrogens with zero attached hydrogens (tertiary/aromatic N) is 2. The number of carbonyl (C=O) groups excluding carboxylic acids is 2. The van der Waals surface area contributed by atoms with Gasteiger partial charge in [-0.25, -0.2) is 4.98 Å². The van der Waals surface area contributed by atoms with Crippen molar-refractivity contribution in [2.45, 2.75) is 39.4 Å². The molecule has 1 aliphatic rings. The lowest BCUT2D eigenvalue weighted by Crippen LogP contribution is -2.44. The van der Waals surface area contributed by atoms with Crippen molar-refractivity contribution >= 4 is 22.7 Å². The molecule has 3 rings (SSSR count). The van der Waals surface area contributed by atoms with Crippen LogP contribution in [-0.2, 0) is 30.9 Å². The van der Waals surface area contributed by atoms with E-state index in [-0.39, 0.29) is 29.3 Å². The molecule has 0 aliphatic carbocycles. The molecule has 30 heavy (non-hydrogen) atoms. The number of likely N-dealkylation sites (tertiary alicyclic amines) is 1. The van der Waals surface area contributed by atoms with Crippen molar-refractivity contribution in [2.75, 3.05) is 25.4 Å². The van der Waals surface area contributed by atoms with Crippen LogP contribution < -0.4 is 0 Å². The summed E-state index contributed by atoms with van der Waals surface area (Å²) in [6, 6.07) is 7.78. The quantitative estimate of drug-likeness (QED) is 0.625. The Morgan fingerprint density at radius 1 is 1.30 bits per heavy atom. The minimum atomic E-state index is -1.42. The maximum absolute atomic E-state index is 12.6. The number of hydrogen-bond acceptors (Lipinski definition) is 6. The van der Waals surface area contributed by atoms with E-state index >= 15 is 0 Å². The van der Waals surface area contributed by atoms with Gasteiger partial charge in [-0.1, -0.05) is 18.2 Å². The average Bonchev–Trinajstić information content (AvgIpc) is 3.08. The molecule has 2 heterocycles. The molecule has 2 aromatic rings. The van der Waals surface area contributed by atoms with Crippen LogP contribution in [0.3, 0.4) is 0 Å². The first-order chi connectivity index (χ1) is 14.4. The Labute approximate surface area is 179 Å². The van der Waals surface area contributed by atoms with E-state index in [1.807, 2.05) is 31.2 Å². The monoisotopic (exact) mass is 432 g/mol. The smallest absolute Gasteiger partial charge is 0.310 e. The van der Waals surface area contributed by atoms with Crippen LogP contribution in [0.15, 0.2) is 28.7 Å². The first-order valence-corrected chi connectivity index (χ1v) is 11.7. The van der Waals surface area contributed by atoms with Gasteiger partial charge in [0.1, 0.15) is 11.5 Å². The standard InChI is InChI=1S/C22H28N2O5S/c1-4-28-22(26)17-9-7-11-24(12-17)20(25)14-30(27)13-19-16(3)29-21(23-19)18-10-6-5-8-15(18)2/h5-6,8,10,17H,4,7,9,11-14H2,1-3H3. The zero-order valence-electron chi connectivity index (χ0n) is 17.7. The summed E-state index contributed by atoms with van der Waals surface area (Å²) in [4.78, 5) is 30.7. The summed E-state index contributed by atoms with van der Waals surface area (Å²) < 4.78 is 23.5. The van der Waals surface area contributed by atoms with E-state index in [9.17, 15) is 13.8 Å². The third-order valence-corrected chi connectivity index (χ3v) is 6.41. The van der Waals surface area contributed by atoms with Gasteiger partial charge in [0.05, 0.1) is 24.0 Å². The van der Waals surface area contributed by atoms with E-state index in [1.165, 1.54) is 0 Å². The van der Waals surface area contributed by atoms with E-state index in [0.717, 1.165) is 17.5 Å². The molecule has 7 nitrogen and oxygen atoms in total. The summed E-state index contributed by atoms with van der Waals surface area (Å²) in [6.45, 7) is 6.77. The summed E-state index contributed by atoms with van der Waals surface area (Å²) in [5.41, 5.74) is 2.54. The molecule has 1 fully saturated rings. The molecule has 1 aromatic heterocycles. The predicted molar refractivity (Wildman–Crippen MR) is 114 cm³/mol. The largest absolute Gasteiger partial charge is 0.466 e. The van der Waals surface area contributed by atoms with E-state index in [0.29, 0.717) is 43.5 Å². The third-order valence-electron chi connectivity index (χ3n) is 5.24. The van der Waals surface area contributed by atoms with Gasteiger partial charge < -0.3 is 14.1 Å². The van der Waals surface area contributed by atoms with Crippen LogP contribution in [0, 0.1) is 19.8 Å². The highest BCUT2D eigenvalue weighted by Gasteiger charge is 2.30. The maximum atomic E-state index is 12.6. The van der Waals surface area contributed by atoms with Crippen molar-refractivity contribution in [3.8, 4) is 11.5 Å². The number of oxazole rings is 1. The number of piperidine rings is 1. The highest BCUT2D eigenvalue weighted by Crippen LogP contribution is 2.25. The number of carbonyl (C=O) groups is 2. The Bertz CT molecular complexity index is 939. The molecule has 1 amide bonds. The summed E-state index contributed by atoms with van der Waals surface area (Å²) >= 11 is 0. The molecule has 1 aromatic carbocycles. The molecule has 162 valence electrons. The molecule has 0 spiro atoms. The third kappa shape index (κ3) is 5.36. The fraction of sp³-hybridized carbons (Fsp3) is 0.500. The Morgan fingerprint density at radius 3 is 2.80 bits per heavy atom. The van der Waals surface area contributed by atoms with Crippen LogP contribution in [0.2, 0.25) is 0 Å². The van der Waals surface area contributed by atoms with Crippen molar-refractivity contribution in [1.29, 1.82) is 0 Å². The summed E-state index contributed by atoms with van der Waals surface area (Å²) in [5, 5.41) is 0. The molecular formula is C22H28N2O5S. The predicted octanol–water partition coefficient (Wildman–Crippen LogP) is 3.01. The number of benzene rings is 1. The van der Waals surface area contributed by atoms with Crippen molar-refractivity contribution in [3.05, 3.63) is 41.3 Å². The zero-order valence-corrected chi connectivity index (χ0v) is 18.5. The van der Waals surface area contributed by atoms with Gasteiger partial charge in [-0.05, 0) is 45.2 Å². The molecule has 1 aliphatic heterocycles. The number of aryl methyl sites for hydroxylation is 2. The molecule has 0 bridgehead atoms. The van der Waals surface area contributed by atoms with Crippen LogP contribution in [0.5, 0.6) is 0 Å². The average molecular weight is 433 g/mol. The minimum Gasteiger partial charge on any atom is -0.466 e. The first kappa shape index (κ1) is 22.2. The summed E-state index contributed by atoms with van der Waals surface area (Å²) in [5.74, 6) is 0.391. The van der Waals surface area contributed by atoms with E-state index in [1.54, 1.807) is 18.7 Å². The topological polar surface area (TPSA) is 89.7 Å². The number of esters is 1. The van der Waals surface area contributed by atoms with Crippen molar-refractivity contribution in [1.82, 2.24) is 9.88 Å². The Balaban J connectivity index is 1.60. The Hall–Kier alpha value is -2.48. The van der Waals surface area contributed by atoms with Gasteiger partial charge in [-0.3, -0.25) is 13.8 Å². The number of ether oxygens (including phenoxy) is 1. The van der Waals surface area contributed by atoms with Gasteiger partial charge in [-0.15, -0.1) is 0 Å². The maximum Gasteiger partial charge on any atom is 0.310 e. The minimum absolute atomic E-state index is 0.0957. The second-order valence-corrected chi connectivity index (χ2v) is 8.95. The van der Waals surface area contributed by atoms with Crippen LogP contribution in [0.1, 0.15) is 36.8 Å². The first-order valence-electron chi connectivity index (χ1n) is 10.2. The fourth-order valence-corrected chi connectivity index (χ4v) is 4.71. The van der Waals surface area contributed by atoms with Crippen LogP contribution in [0.25, 0.3) is 11.5 Å². The second-order valence-electron chi connectivity index (χ2n) is 7.50. The lowest BCUT2D eigenvalue weighted by molar-refractivity contribution is -0.151. The number of hydrogen-bond donors (Lipinski definition) is 0. The van der Waals surface area contributed by atoms with E-state index < -0.39 is 10.8 Å². The van der Waals surface area contributed by atoms with E-state index in [4.69, 9.17) is 9.15 Å². The molecule has 0 N–H and O–H groups in total. The van der Waals surface area contributed by atoms with Crippen molar-refractivity contribution in [3.63, 3.8) is 0 Å². The Kier molecular flexibility index (Phi) is 7.42. The molecule has 0 radical (unpaired) electrons. The van der Waals surface area contributed by atoms with Crippen LogP contribution in [0.4, 0.5) is 0 Å². The Morgan fingerprint density at radius 2 is 2.07 bits per heavy atom. The van der Waals surface area contributed by atoms with Gasteiger partial charge in [0.15, 0.2) is 0 Å². The van der Waals surface area contributed by atoms with Crippen LogP contribution in [-0.4, -0.2) is 51.4 Å². The van der Waals surface area contributed by atoms with Gasteiger partial charge >= 0.3 is 5.97 Å². The number of aromatic nitrogens is 1. The van der Waals surface area contributed by atoms with Gasteiger partial charge in [-0.2, -0.15) is 0 Å². The molecule has 2 atom stereocenters. The van der Waals surface area contributed by atoms with Crippen molar-refractivity contribution in [2.24, 2.45) is 5.92 Å². The highest BCUT2D eigenvalue weighted by atomic mass is 32.2. The molecule has 1 saturated heterocycles. The molecule has 8 heteroatoms. The lowest BCUT2D eigenvalue weighted by Gasteiger charge is -2.31. The normalized spacial score (nSPS) is 17.6. The lowest BCUT2D eigenvalue weighted by atomic mass is 9.98. The zero-order chi connectivity index (χ0) is 21.7. The van der Waals surface area contributed by atoms with Crippen LogP contribution >= 0.6 is 0 Å². The number of rotatable bonds is 7. The van der Waals surface area contributed by atoms with Gasteiger partial charge in [0.25, 0.3) is 0 Å². The fourth-order valence-electron chi connectivity index (χ4n) is 3.58. The summed E-state index contributed by atoms with van der Waals surface area (Å²) in [6.07, 6.45) is 1.45. The molecular weight excluding hydrogens is 404 g/mol. The molecule has 2 unspecified atom stereocenters. The summed E-state index contributed by atoms with van der Waals surface area (Å²) in [7, 11) is -1.42. The molecule has 0 saturated carbocycles. The number of amides is 1. The van der Waals surface area contributed by atoms with Gasteiger partial charge in [0, 0.05) is 29.5 Å².